The van der Waals surface area contributed by atoms with Crippen molar-refractivity contribution in [3.8, 4) is 11.1 Å². The number of allylic oxidation sites excluding steroid dienone is 2. The van der Waals surface area contributed by atoms with Crippen molar-refractivity contribution in [2.24, 2.45) is 5.92 Å². The molecule has 1 aliphatic carbocycles. The average molecular weight is 487 g/mol. The molecule has 36 heavy (non-hydrogen) atoms. The van der Waals surface area contributed by atoms with Gasteiger partial charge >= 0.3 is 0 Å². The van der Waals surface area contributed by atoms with Crippen LogP contribution in [0.15, 0.2) is 72.8 Å². The van der Waals surface area contributed by atoms with E-state index in [1.165, 1.54) is 55.2 Å². The predicted molar refractivity (Wildman–Crippen MR) is 143 cm³/mol. The van der Waals surface area contributed by atoms with Crippen molar-refractivity contribution in [3.63, 3.8) is 0 Å². The van der Waals surface area contributed by atoms with Crippen LogP contribution in [0.2, 0.25) is 0 Å². The zero-order valence-corrected chi connectivity index (χ0v) is 21.2. The zero-order valence-electron chi connectivity index (χ0n) is 21.2. The number of ether oxygens (including phenoxy) is 1. The molecule has 1 nitrogen and oxygen atoms in total. The van der Waals surface area contributed by atoms with Gasteiger partial charge in [-0.05, 0) is 79.0 Å². The number of epoxide rings is 1. The molecule has 0 amide bonds. The van der Waals surface area contributed by atoms with Gasteiger partial charge in [0.15, 0.2) is 11.6 Å². The third-order valence-corrected chi connectivity index (χ3v) is 7.83. The van der Waals surface area contributed by atoms with Gasteiger partial charge < -0.3 is 4.74 Å². The lowest BCUT2D eigenvalue weighted by atomic mass is 9.78. The van der Waals surface area contributed by atoms with Crippen molar-refractivity contribution in [3.05, 3.63) is 107 Å². The zero-order chi connectivity index (χ0) is 24.9. The number of aryl methyl sites for hydroxylation is 2. The topological polar surface area (TPSA) is 12.5 Å². The highest BCUT2D eigenvalue weighted by atomic mass is 19.2. The fourth-order valence-electron chi connectivity index (χ4n) is 5.54. The van der Waals surface area contributed by atoms with E-state index >= 15 is 0 Å². The molecule has 188 valence electrons. The Morgan fingerprint density at radius 2 is 1.47 bits per heavy atom. The summed E-state index contributed by atoms with van der Waals surface area (Å²) in [5, 5.41) is 0. The third-order valence-electron chi connectivity index (χ3n) is 7.83. The summed E-state index contributed by atoms with van der Waals surface area (Å²) in [6, 6.07) is 20.4. The lowest BCUT2D eigenvalue weighted by molar-refractivity contribution is 0.375. The lowest BCUT2D eigenvalue weighted by Gasteiger charge is -2.27. The molecule has 1 aliphatic heterocycles. The Morgan fingerprint density at radius 1 is 0.806 bits per heavy atom. The van der Waals surface area contributed by atoms with E-state index in [2.05, 4.69) is 43.3 Å². The SMILES string of the molecule is CCCc1ccc(C2CCC(/C=C/CCc3ccc(-c4ccc(C5CO5)c(F)c4F)cc3)CC2)cc1. The first-order valence-electron chi connectivity index (χ1n) is 13.6. The molecule has 0 radical (unpaired) electrons. The molecule has 0 spiro atoms. The molecule has 2 fully saturated rings. The first kappa shape index (κ1) is 24.9. The molecule has 3 aromatic carbocycles. The minimum absolute atomic E-state index is 0.290. The van der Waals surface area contributed by atoms with E-state index in [-0.39, 0.29) is 6.10 Å². The van der Waals surface area contributed by atoms with Crippen molar-refractivity contribution in [2.75, 3.05) is 6.61 Å². The van der Waals surface area contributed by atoms with E-state index in [1.807, 2.05) is 24.3 Å². The monoisotopic (exact) mass is 486 g/mol. The number of hydrogen-bond acceptors (Lipinski definition) is 1. The molecule has 3 heteroatoms. The standard InChI is InChI=1S/C33H36F2O/c1-2-5-23-8-14-26(15-9-23)27-16-10-24(11-17-27)6-3-4-7-25-12-18-28(19-13-25)29-20-21-30(31-22-36-31)33(35)32(29)34/h3,6,8-9,12-15,18-21,24,27,31H,2,4-5,7,10-11,16-17,22H2,1H3/b6-3+. The van der Waals surface area contributed by atoms with Gasteiger partial charge in [0.05, 0.1) is 6.61 Å². The van der Waals surface area contributed by atoms with Crippen LogP contribution in [0.25, 0.3) is 11.1 Å². The summed E-state index contributed by atoms with van der Waals surface area (Å²) >= 11 is 0. The molecular formula is C33H36F2O. The first-order valence-corrected chi connectivity index (χ1v) is 13.6. The van der Waals surface area contributed by atoms with Crippen LogP contribution in [0.5, 0.6) is 0 Å². The second-order valence-corrected chi connectivity index (χ2v) is 10.4. The molecule has 1 unspecified atom stereocenters. The van der Waals surface area contributed by atoms with Gasteiger partial charge in [-0.3, -0.25) is 0 Å². The third kappa shape index (κ3) is 5.95. The maximum absolute atomic E-state index is 14.6. The van der Waals surface area contributed by atoms with Gasteiger partial charge in [-0.1, -0.05) is 86.2 Å². The van der Waals surface area contributed by atoms with Gasteiger partial charge in [0.2, 0.25) is 0 Å². The van der Waals surface area contributed by atoms with Gasteiger partial charge in [-0.2, -0.15) is 0 Å². The maximum atomic E-state index is 14.6. The predicted octanol–water partition coefficient (Wildman–Crippen LogP) is 9.12. The smallest absolute Gasteiger partial charge is 0.167 e. The van der Waals surface area contributed by atoms with Gasteiger partial charge in [-0.25, -0.2) is 8.78 Å². The van der Waals surface area contributed by atoms with E-state index in [1.54, 1.807) is 12.1 Å². The molecule has 0 bridgehead atoms. The summed E-state index contributed by atoms with van der Waals surface area (Å²) in [4.78, 5) is 0. The average Bonchev–Trinajstić information content (AvgIpc) is 3.75. The van der Waals surface area contributed by atoms with Crippen molar-refractivity contribution in [2.45, 2.75) is 70.3 Å². The first-order chi connectivity index (χ1) is 17.6. The Kier molecular flexibility index (Phi) is 7.96. The van der Waals surface area contributed by atoms with Gasteiger partial charge in [0.25, 0.3) is 0 Å². The molecule has 1 atom stereocenters. The van der Waals surface area contributed by atoms with Crippen molar-refractivity contribution in [1.82, 2.24) is 0 Å². The second-order valence-electron chi connectivity index (χ2n) is 10.4. The van der Waals surface area contributed by atoms with Gasteiger partial charge in [0, 0.05) is 11.1 Å². The number of benzene rings is 3. The molecule has 1 heterocycles. The Labute approximate surface area is 214 Å². The fraction of sp³-hybridized carbons (Fsp3) is 0.394. The summed E-state index contributed by atoms with van der Waals surface area (Å²) < 4.78 is 34.0. The Hall–Kier alpha value is -2.78. The molecule has 3 aromatic rings. The fourth-order valence-corrected chi connectivity index (χ4v) is 5.54. The number of rotatable bonds is 9. The Morgan fingerprint density at radius 3 is 2.14 bits per heavy atom. The van der Waals surface area contributed by atoms with E-state index in [4.69, 9.17) is 4.74 Å². The van der Waals surface area contributed by atoms with Crippen LogP contribution < -0.4 is 0 Å². The van der Waals surface area contributed by atoms with Gasteiger partial charge in [0.1, 0.15) is 6.10 Å². The Bertz CT molecular complexity index is 1170. The van der Waals surface area contributed by atoms with Crippen LogP contribution >= 0.6 is 0 Å². The van der Waals surface area contributed by atoms with E-state index < -0.39 is 11.6 Å². The van der Waals surface area contributed by atoms with Crippen molar-refractivity contribution < 1.29 is 13.5 Å². The van der Waals surface area contributed by atoms with E-state index in [9.17, 15) is 8.78 Å². The molecule has 1 saturated heterocycles. The van der Waals surface area contributed by atoms with Crippen molar-refractivity contribution in [1.29, 1.82) is 0 Å². The maximum Gasteiger partial charge on any atom is 0.167 e. The molecule has 0 aromatic heterocycles. The molecular weight excluding hydrogens is 450 g/mol. The Balaban J connectivity index is 1.08. The summed E-state index contributed by atoms with van der Waals surface area (Å²) in [5.41, 5.74) is 5.49. The van der Waals surface area contributed by atoms with Crippen LogP contribution in [-0.2, 0) is 17.6 Å². The summed E-state index contributed by atoms with van der Waals surface area (Å²) in [6.45, 7) is 2.70. The van der Waals surface area contributed by atoms with Crippen molar-refractivity contribution >= 4 is 0 Å². The summed E-state index contributed by atoms with van der Waals surface area (Å²) in [5.74, 6) is -0.185. The largest absolute Gasteiger partial charge is 0.368 e. The second kappa shape index (κ2) is 11.5. The van der Waals surface area contributed by atoms with E-state index in [0.29, 0.717) is 35.1 Å². The van der Waals surface area contributed by atoms with Crippen LogP contribution in [0.1, 0.15) is 79.7 Å². The quantitative estimate of drug-likeness (QED) is 0.217. The normalized spacial score (nSPS) is 21.7. The highest BCUT2D eigenvalue weighted by Gasteiger charge is 2.30. The van der Waals surface area contributed by atoms with Crippen LogP contribution in [0.4, 0.5) is 8.78 Å². The van der Waals surface area contributed by atoms with E-state index in [0.717, 1.165) is 12.8 Å². The van der Waals surface area contributed by atoms with Crippen LogP contribution in [-0.4, -0.2) is 6.61 Å². The minimum atomic E-state index is -0.790. The highest BCUT2D eigenvalue weighted by molar-refractivity contribution is 5.65. The minimum Gasteiger partial charge on any atom is -0.368 e. The lowest BCUT2D eigenvalue weighted by Crippen LogP contribution is -2.11. The highest BCUT2D eigenvalue weighted by Crippen LogP contribution is 2.37. The molecule has 5 rings (SSSR count). The summed E-state index contributed by atoms with van der Waals surface area (Å²) in [6.07, 6.45) is 13.8. The molecule has 1 saturated carbocycles. The number of halogens is 2. The molecule has 0 N–H and O–H groups in total. The summed E-state index contributed by atoms with van der Waals surface area (Å²) in [7, 11) is 0. The van der Waals surface area contributed by atoms with Crippen LogP contribution in [0, 0.1) is 17.6 Å². The molecule has 2 aliphatic rings. The van der Waals surface area contributed by atoms with Gasteiger partial charge in [-0.15, -0.1) is 0 Å². The number of hydrogen-bond donors (Lipinski definition) is 0. The van der Waals surface area contributed by atoms with Crippen LogP contribution in [0.3, 0.4) is 0 Å².